The number of aliphatic hydroxyl groups is 1. The van der Waals surface area contributed by atoms with Crippen LogP contribution in [0.4, 0.5) is 0 Å². The fourth-order valence-electron chi connectivity index (χ4n) is 0.488. The Kier molecular flexibility index (Phi) is 8.77. The van der Waals surface area contributed by atoms with Gasteiger partial charge in [0, 0.05) is 6.61 Å². The van der Waals surface area contributed by atoms with Gasteiger partial charge in [0.25, 0.3) is 0 Å². The molecule has 0 aromatic heterocycles. The summed E-state index contributed by atoms with van der Waals surface area (Å²) in [5, 5.41) is 8.29. The Balaban J connectivity index is 2.65. The van der Waals surface area contributed by atoms with Crippen LogP contribution in [0.2, 0.25) is 0 Å². The molecule has 0 spiro atoms. The van der Waals surface area contributed by atoms with Gasteiger partial charge in [0.15, 0.2) is 0 Å². The van der Waals surface area contributed by atoms with Crippen LogP contribution in [0.3, 0.4) is 0 Å². The SMILES string of the molecule is CCCCOCOCCO. The van der Waals surface area contributed by atoms with Crippen molar-refractivity contribution in [1.82, 2.24) is 0 Å². The van der Waals surface area contributed by atoms with Gasteiger partial charge in [-0.3, -0.25) is 0 Å². The van der Waals surface area contributed by atoms with Gasteiger partial charge in [-0.2, -0.15) is 0 Å². The number of rotatable bonds is 7. The van der Waals surface area contributed by atoms with Gasteiger partial charge in [0.2, 0.25) is 0 Å². The third-order valence-electron chi connectivity index (χ3n) is 1.04. The maximum Gasteiger partial charge on any atom is 0.146 e. The summed E-state index contributed by atoms with van der Waals surface area (Å²) in [6.45, 7) is 3.60. The van der Waals surface area contributed by atoms with Crippen LogP contribution in [0, 0.1) is 0 Å². The molecule has 3 nitrogen and oxygen atoms in total. The maximum atomic E-state index is 8.29. The highest BCUT2D eigenvalue weighted by molar-refractivity contribution is 4.28. The van der Waals surface area contributed by atoms with E-state index in [2.05, 4.69) is 6.92 Å². The molecule has 0 aliphatic rings. The number of hydrogen-bond donors (Lipinski definition) is 1. The van der Waals surface area contributed by atoms with Gasteiger partial charge in [-0.25, -0.2) is 0 Å². The number of aliphatic hydroxyl groups excluding tert-OH is 1. The third-order valence-corrected chi connectivity index (χ3v) is 1.04. The molecular weight excluding hydrogens is 132 g/mol. The van der Waals surface area contributed by atoms with E-state index in [0.29, 0.717) is 13.4 Å². The Morgan fingerprint density at radius 3 is 2.50 bits per heavy atom. The summed E-state index contributed by atoms with van der Waals surface area (Å²) in [6.07, 6.45) is 2.21. The van der Waals surface area contributed by atoms with Crippen LogP contribution in [0.5, 0.6) is 0 Å². The van der Waals surface area contributed by atoms with Crippen molar-refractivity contribution in [1.29, 1.82) is 0 Å². The van der Waals surface area contributed by atoms with Crippen molar-refractivity contribution < 1.29 is 14.6 Å². The first-order chi connectivity index (χ1) is 4.91. The summed E-state index contributed by atoms with van der Waals surface area (Å²) in [4.78, 5) is 0. The zero-order valence-electron chi connectivity index (χ0n) is 6.51. The average Bonchev–Trinajstić information content (AvgIpc) is 1.97. The van der Waals surface area contributed by atoms with E-state index in [4.69, 9.17) is 14.6 Å². The lowest BCUT2D eigenvalue weighted by Gasteiger charge is -2.02. The Hall–Kier alpha value is -0.120. The lowest BCUT2D eigenvalue weighted by molar-refractivity contribution is -0.0628. The summed E-state index contributed by atoms with van der Waals surface area (Å²) < 4.78 is 9.90. The van der Waals surface area contributed by atoms with E-state index in [9.17, 15) is 0 Å². The van der Waals surface area contributed by atoms with Crippen LogP contribution < -0.4 is 0 Å². The molecule has 10 heavy (non-hydrogen) atoms. The predicted molar refractivity (Wildman–Crippen MR) is 38.8 cm³/mol. The topological polar surface area (TPSA) is 38.7 Å². The number of ether oxygens (including phenoxy) is 2. The van der Waals surface area contributed by atoms with Crippen LogP contribution in [-0.2, 0) is 9.47 Å². The first-order valence-electron chi connectivity index (χ1n) is 3.68. The minimum Gasteiger partial charge on any atom is -0.394 e. The molecule has 0 unspecified atom stereocenters. The van der Waals surface area contributed by atoms with E-state index in [1.54, 1.807) is 0 Å². The highest BCUT2D eigenvalue weighted by atomic mass is 16.7. The van der Waals surface area contributed by atoms with Gasteiger partial charge >= 0.3 is 0 Å². The molecule has 0 aliphatic carbocycles. The molecule has 0 heterocycles. The van der Waals surface area contributed by atoms with Crippen molar-refractivity contribution in [2.45, 2.75) is 19.8 Å². The minimum atomic E-state index is 0.0666. The summed E-state index contributed by atoms with van der Waals surface area (Å²) in [5.41, 5.74) is 0. The van der Waals surface area contributed by atoms with Gasteiger partial charge in [-0.1, -0.05) is 13.3 Å². The van der Waals surface area contributed by atoms with Crippen LogP contribution in [0.1, 0.15) is 19.8 Å². The van der Waals surface area contributed by atoms with Crippen molar-refractivity contribution in [3.63, 3.8) is 0 Å². The molecule has 0 aliphatic heterocycles. The maximum absolute atomic E-state index is 8.29. The van der Waals surface area contributed by atoms with Crippen LogP contribution >= 0.6 is 0 Å². The third kappa shape index (κ3) is 7.88. The smallest absolute Gasteiger partial charge is 0.146 e. The first kappa shape index (κ1) is 9.88. The van der Waals surface area contributed by atoms with Crippen LogP contribution in [-0.4, -0.2) is 31.7 Å². The van der Waals surface area contributed by atoms with E-state index >= 15 is 0 Å². The monoisotopic (exact) mass is 148 g/mol. The highest BCUT2D eigenvalue weighted by Gasteiger charge is 1.85. The molecule has 3 heteroatoms. The van der Waals surface area contributed by atoms with E-state index in [1.165, 1.54) is 0 Å². The highest BCUT2D eigenvalue weighted by Crippen LogP contribution is 1.87. The van der Waals surface area contributed by atoms with Crippen molar-refractivity contribution in [3.8, 4) is 0 Å². The summed E-state index contributed by atoms with van der Waals surface area (Å²) in [5.74, 6) is 0. The molecule has 0 aromatic carbocycles. The summed E-state index contributed by atoms with van der Waals surface area (Å²) in [6, 6.07) is 0. The number of hydrogen-bond acceptors (Lipinski definition) is 3. The summed E-state index contributed by atoms with van der Waals surface area (Å²) in [7, 11) is 0. The quantitative estimate of drug-likeness (QED) is 0.428. The van der Waals surface area contributed by atoms with Gasteiger partial charge in [-0.15, -0.1) is 0 Å². The zero-order chi connectivity index (χ0) is 7.66. The van der Waals surface area contributed by atoms with Crippen LogP contribution in [0.25, 0.3) is 0 Å². The van der Waals surface area contributed by atoms with Crippen molar-refractivity contribution >= 4 is 0 Å². The normalized spacial score (nSPS) is 10.2. The van der Waals surface area contributed by atoms with E-state index < -0.39 is 0 Å². The van der Waals surface area contributed by atoms with Crippen molar-refractivity contribution in [2.24, 2.45) is 0 Å². The van der Waals surface area contributed by atoms with Gasteiger partial charge in [-0.05, 0) is 6.42 Å². The van der Waals surface area contributed by atoms with Gasteiger partial charge < -0.3 is 14.6 Å². The van der Waals surface area contributed by atoms with Gasteiger partial charge in [0.05, 0.1) is 13.2 Å². The Morgan fingerprint density at radius 1 is 1.20 bits per heavy atom. The lowest BCUT2D eigenvalue weighted by Crippen LogP contribution is -2.04. The lowest BCUT2D eigenvalue weighted by atomic mass is 10.4. The summed E-state index contributed by atoms with van der Waals surface area (Å²) >= 11 is 0. The van der Waals surface area contributed by atoms with E-state index in [-0.39, 0.29) is 6.61 Å². The van der Waals surface area contributed by atoms with Gasteiger partial charge in [0.1, 0.15) is 6.79 Å². The molecule has 0 saturated heterocycles. The molecule has 0 radical (unpaired) electrons. The second kappa shape index (κ2) is 8.88. The van der Waals surface area contributed by atoms with Crippen molar-refractivity contribution in [3.05, 3.63) is 0 Å². The Labute approximate surface area is 62.0 Å². The number of unbranched alkanes of at least 4 members (excludes halogenated alkanes) is 1. The predicted octanol–water partition coefficient (Wildman–Crippen LogP) is 0.769. The average molecular weight is 148 g/mol. The fourth-order valence-corrected chi connectivity index (χ4v) is 0.488. The van der Waals surface area contributed by atoms with E-state index in [0.717, 1.165) is 19.4 Å². The molecule has 0 bridgehead atoms. The molecule has 0 amide bonds. The van der Waals surface area contributed by atoms with Crippen molar-refractivity contribution in [2.75, 3.05) is 26.6 Å². The zero-order valence-corrected chi connectivity index (χ0v) is 6.51. The molecule has 0 rings (SSSR count). The molecule has 1 N–H and O–H groups in total. The second-order valence-electron chi connectivity index (χ2n) is 2.01. The molecule has 0 atom stereocenters. The molecule has 0 aromatic rings. The molecule has 0 fully saturated rings. The fraction of sp³-hybridized carbons (Fsp3) is 1.00. The second-order valence-corrected chi connectivity index (χ2v) is 2.01. The van der Waals surface area contributed by atoms with E-state index in [1.807, 2.05) is 0 Å². The van der Waals surface area contributed by atoms with Crippen LogP contribution in [0.15, 0.2) is 0 Å². The minimum absolute atomic E-state index is 0.0666. The molecular formula is C7H16O3. The Bertz CT molecular complexity index is 48.8. The largest absolute Gasteiger partial charge is 0.394 e. The molecule has 62 valence electrons. The Morgan fingerprint density at radius 2 is 1.90 bits per heavy atom. The standard InChI is InChI=1S/C7H16O3/c1-2-3-5-9-7-10-6-4-8/h8H,2-7H2,1H3. The molecule has 0 saturated carbocycles. The first-order valence-corrected chi connectivity index (χ1v) is 3.68.